The summed E-state index contributed by atoms with van der Waals surface area (Å²) in [6, 6.07) is 1.11. The number of aryl methyl sites for hydroxylation is 1. The van der Waals surface area contributed by atoms with Gasteiger partial charge in [-0.3, -0.25) is 0 Å². The molecule has 0 spiro atoms. The van der Waals surface area contributed by atoms with E-state index >= 15 is 0 Å². The van der Waals surface area contributed by atoms with Gasteiger partial charge >= 0.3 is 6.03 Å². The van der Waals surface area contributed by atoms with Gasteiger partial charge in [0.05, 0.1) is 12.2 Å². The fourth-order valence-electron chi connectivity index (χ4n) is 2.90. The predicted octanol–water partition coefficient (Wildman–Crippen LogP) is 2.46. The number of nitrogens with one attached hydrogen (secondary N) is 2. The highest BCUT2D eigenvalue weighted by Crippen LogP contribution is 2.29. The van der Waals surface area contributed by atoms with Crippen molar-refractivity contribution >= 4 is 6.03 Å². The normalized spacial score (nSPS) is 16.6. The Labute approximate surface area is 151 Å². The quantitative estimate of drug-likeness (QED) is 0.810. The molecule has 0 bridgehead atoms. The van der Waals surface area contributed by atoms with Crippen LogP contribution in [0.25, 0.3) is 0 Å². The number of urea groups is 1. The summed E-state index contributed by atoms with van der Waals surface area (Å²) in [5.74, 6) is 2.01. The van der Waals surface area contributed by atoms with Crippen LogP contribution in [0.1, 0.15) is 61.8 Å². The average Bonchev–Trinajstić information content (AvgIpc) is 3.28. The number of hydrogen-bond acceptors (Lipinski definition) is 7. The Bertz CT molecular complexity index is 720. The first-order valence-electron chi connectivity index (χ1n) is 8.90. The maximum absolute atomic E-state index is 12.4. The Morgan fingerprint density at radius 1 is 1.27 bits per heavy atom. The topological polar surface area (TPSA) is 115 Å². The minimum absolute atomic E-state index is 0.159. The van der Waals surface area contributed by atoms with Gasteiger partial charge in [-0.05, 0) is 25.7 Å². The summed E-state index contributed by atoms with van der Waals surface area (Å²) in [7, 11) is 0. The van der Waals surface area contributed by atoms with Gasteiger partial charge in [-0.25, -0.2) is 4.79 Å². The molecule has 0 radical (unpaired) electrons. The lowest BCUT2D eigenvalue weighted by molar-refractivity contribution is 0.0503. The number of carbonyl (C=O) groups is 1. The molecule has 1 atom stereocenters. The third kappa shape index (κ3) is 4.60. The van der Waals surface area contributed by atoms with Crippen molar-refractivity contribution in [2.75, 3.05) is 13.2 Å². The number of ether oxygens (including phenoxy) is 1. The molecule has 1 aliphatic heterocycles. The van der Waals surface area contributed by atoms with Crippen LogP contribution in [-0.2, 0) is 11.3 Å². The van der Waals surface area contributed by atoms with Gasteiger partial charge in [0.25, 0.3) is 0 Å². The van der Waals surface area contributed by atoms with Crippen LogP contribution in [0.4, 0.5) is 4.79 Å². The Morgan fingerprint density at radius 2 is 2.04 bits per heavy atom. The molecule has 0 aromatic carbocycles. The largest absolute Gasteiger partial charge is 0.381 e. The number of rotatable bonds is 6. The second kappa shape index (κ2) is 8.31. The number of amides is 2. The van der Waals surface area contributed by atoms with Crippen LogP contribution in [0.5, 0.6) is 0 Å². The van der Waals surface area contributed by atoms with Gasteiger partial charge in [0, 0.05) is 25.2 Å². The molecule has 0 unspecified atom stereocenters. The van der Waals surface area contributed by atoms with Crippen molar-refractivity contribution in [2.45, 2.75) is 52.1 Å². The smallest absolute Gasteiger partial charge is 0.315 e. The van der Waals surface area contributed by atoms with Crippen molar-refractivity contribution < 1.29 is 18.6 Å². The number of nitrogens with zero attached hydrogens (tertiary/aromatic N) is 3. The minimum atomic E-state index is -0.352. The molecule has 1 aliphatic rings. The zero-order valence-corrected chi connectivity index (χ0v) is 15.3. The highest BCUT2D eigenvalue weighted by molar-refractivity contribution is 5.74. The number of hydrogen-bond donors (Lipinski definition) is 2. The van der Waals surface area contributed by atoms with Crippen molar-refractivity contribution in [2.24, 2.45) is 5.92 Å². The first kappa shape index (κ1) is 18.4. The molecule has 9 nitrogen and oxygen atoms in total. The highest BCUT2D eigenvalue weighted by atomic mass is 16.5. The second-order valence-corrected chi connectivity index (χ2v) is 6.83. The van der Waals surface area contributed by atoms with Crippen LogP contribution in [0, 0.1) is 12.8 Å². The van der Waals surface area contributed by atoms with E-state index in [1.54, 1.807) is 6.07 Å². The second-order valence-electron chi connectivity index (χ2n) is 6.83. The fraction of sp³-hybridized carbons (Fsp3) is 0.647. The van der Waals surface area contributed by atoms with Gasteiger partial charge < -0.3 is 24.4 Å². The van der Waals surface area contributed by atoms with E-state index in [-0.39, 0.29) is 30.5 Å². The maximum atomic E-state index is 12.4. The lowest BCUT2D eigenvalue weighted by Gasteiger charge is -2.28. The van der Waals surface area contributed by atoms with Crippen LogP contribution < -0.4 is 10.6 Å². The van der Waals surface area contributed by atoms with Gasteiger partial charge in [0.15, 0.2) is 11.6 Å². The first-order valence-corrected chi connectivity index (χ1v) is 8.90. The van der Waals surface area contributed by atoms with Crippen molar-refractivity contribution in [1.29, 1.82) is 0 Å². The number of carbonyl (C=O) groups excluding carboxylic acids is 1. The molecular weight excluding hydrogens is 338 g/mol. The summed E-state index contributed by atoms with van der Waals surface area (Å²) < 4.78 is 16.0. The summed E-state index contributed by atoms with van der Waals surface area (Å²) >= 11 is 0. The van der Waals surface area contributed by atoms with Crippen LogP contribution in [0.2, 0.25) is 0 Å². The Kier molecular flexibility index (Phi) is 5.87. The monoisotopic (exact) mass is 363 g/mol. The van der Waals surface area contributed by atoms with E-state index in [0.29, 0.717) is 30.7 Å². The van der Waals surface area contributed by atoms with Crippen LogP contribution >= 0.6 is 0 Å². The van der Waals surface area contributed by atoms with Crippen molar-refractivity contribution in [3.8, 4) is 0 Å². The average molecular weight is 363 g/mol. The molecule has 142 valence electrons. The van der Waals surface area contributed by atoms with E-state index in [0.717, 1.165) is 18.5 Å². The molecule has 2 N–H and O–H groups in total. The van der Waals surface area contributed by atoms with E-state index in [4.69, 9.17) is 13.8 Å². The Balaban J connectivity index is 1.66. The molecule has 1 fully saturated rings. The zero-order valence-electron chi connectivity index (χ0n) is 15.3. The molecule has 26 heavy (non-hydrogen) atoms. The first-order chi connectivity index (χ1) is 12.5. The van der Waals surface area contributed by atoms with E-state index < -0.39 is 0 Å². The molecular formula is C17H25N5O4. The van der Waals surface area contributed by atoms with Crippen LogP contribution in [0.15, 0.2) is 15.1 Å². The fourth-order valence-corrected chi connectivity index (χ4v) is 2.90. The van der Waals surface area contributed by atoms with E-state index in [2.05, 4.69) is 25.9 Å². The number of aromatic nitrogens is 3. The SMILES string of the molecule is Cc1cc(CNC(=O)N[C@@H](c2nc(C(C)C)no2)C2CCOCC2)on1. The minimum Gasteiger partial charge on any atom is -0.381 e. The molecule has 3 heterocycles. The molecule has 2 aromatic heterocycles. The van der Waals surface area contributed by atoms with E-state index in [1.165, 1.54) is 0 Å². The molecule has 2 aromatic rings. The molecule has 2 amide bonds. The third-order valence-corrected chi connectivity index (χ3v) is 4.36. The summed E-state index contributed by atoms with van der Waals surface area (Å²) in [4.78, 5) is 16.9. The molecule has 0 saturated carbocycles. The summed E-state index contributed by atoms with van der Waals surface area (Å²) in [6.45, 7) is 7.40. The molecule has 1 saturated heterocycles. The molecule has 3 rings (SSSR count). The van der Waals surface area contributed by atoms with Crippen molar-refractivity contribution in [3.05, 3.63) is 29.2 Å². The summed E-state index contributed by atoms with van der Waals surface area (Å²) in [5.41, 5.74) is 0.773. The van der Waals surface area contributed by atoms with Gasteiger partial charge in [-0.15, -0.1) is 0 Å². The lowest BCUT2D eigenvalue weighted by Crippen LogP contribution is -2.41. The van der Waals surface area contributed by atoms with Gasteiger partial charge in [-0.1, -0.05) is 24.2 Å². The van der Waals surface area contributed by atoms with E-state index in [9.17, 15) is 4.79 Å². The van der Waals surface area contributed by atoms with Crippen LogP contribution in [0.3, 0.4) is 0 Å². The summed E-state index contributed by atoms with van der Waals surface area (Å²) in [6.07, 6.45) is 1.65. The van der Waals surface area contributed by atoms with E-state index in [1.807, 2.05) is 20.8 Å². The van der Waals surface area contributed by atoms with Crippen molar-refractivity contribution in [3.63, 3.8) is 0 Å². The molecule has 9 heteroatoms. The molecule has 0 aliphatic carbocycles. The highest BCUT2D eigenvalue weighted by Gasteiger charge is 2.31. The standard InChI is InChI=1S/C17H25N5O4/c1-10(2)15-20-16(26-22-15)14(12-4-6-24-7-5-12)19-17(23)18-9-13-8-11(3)21-25-13/h8,10,12,14H,4-7,9H2,1-3H3,(H2,18,19,23)/t14-/m1/s1. The van der Waals surface area contributed by atoms with Crippen molar-refractivity contribution in [1.82, 2.24) is 25.9 Å². The summed E-state index contributed by atoms with van der Waals surface area (Å²) in [5, 5.41) is 13.6. The van der Waals surface area contributed by atoms with Gasteiger partial charge in [-0.2, -0.15) is 4.98 Å². The Morgan fingerprint density at radius 3 is 2.65 bits per heavy atom. The third-order valence-electron chi connectivity index (χ3n) is 4.36. The van der Waals surface area contributed by atoms with Gasteiger partial charge in [0.2, 0.25) is 5.89 Å². The van der Waals surface area contributed by atoms with Gasteiger partial charge in [0.1, 0.15) is 6.04 Å². The lowest BCUT2D eigenvalue weighted by atomic mass is 9.91. The van der Waals surface area contributed by atoms with Crippen LogP contribution in [-0.4, -0.2) is 34.5 Å². The maximum Gasteiger partial charge on any atom is 0.315 e. The zero-order chi connectivity index (χ0) is 18.5. The predicted molar refractivity (Wildman–Crippen MR) is 91.3 cm³/mol. The Hall–Kier alpha value is -2.42.